The quantitative estimate of drug-likeness (QED) is 0.749. The number of nitrogens with one attached hydrogen (secondary N) is 1. The van der Waals surface area contributed by atoms with Gasteiger partial charge in [-0.05, 0) is 0 Å². The lowest BCUT2D eigenvalue weighted by atomic mass is 10.5. The lowest BCUT2D eigenvalue weighted by Crippen LogP contribution is -2.18. The van der Waals surface area contributed by atoms with Crippen LogP contribution >= 0.6 is 11.3 Å². The Morgan fingerprint density at radius 1 is 1.43 bits per heavy atom. The van der Waals surface area contributed by atoms with E-state index in [-0.39, 0.29) is 0 Å². The third-order valence-electron chi connectivity index (χ3n) is 1.87. The number of thiazole rings is 1. The van der Waals surface area contributed by atoms with Gasteiger partial charge in [0.25, 0.3) is 0 Å². The predicted octanol–water partition coefficient (Wildman–Crippen LogP) is 1.13. The SMILES string of the molecule is c1cn(CCNCc2nccs2)cn1. The Morgan fingerprint density at radius 3 is 3.14 bits per heavy atom. The number of imidazole rings is 1. The molecule has 0 saturated carbocycles. The molecule has 14 heavy (non-hydrogen) atoms. The molecular formula is C9H12N4S. The van der Waals surface area contributed by atoms with Crippen LogP contribution in [0.4, 0.5) is 0 Å². The van der Waals surface area contributed by atoms with Gasteiger partial charge in [0, 0.05) is 43.6 Å². The molecule has 74 valence electrons. The third-order valence-corrected chi connectivity index (χ3v) is 2.65. The van der Waals surface area contributed by atoms with E-state index in [9.17, 15) is 0 Å². The van der Waals surface area contributed by atoms with Gasteiger partial charge in [0.1, 0.15) is 5.01 Å². The second-order valence-corrected chi connectivity index (χ2v) is 3.88. The van der Waals surface area contributed by atoms with Crippen molar-refractivity contribution in [1.82, 2.24) is 19.9 Å². The highest BCUT2D eigenvalue weighted by Gasteiger charge is 1.94. The van der Waals surface area contributed by atoms with Crippen LogP contribution in [0.3, 0.4) is 0 Å². The Balaban J connectivity index is 1.65. The normalized spacial score (nSPS) is 10.6. The average molecular weight is 208 g/mol. The fraction of sp³-hybridized carbons (Fsp3) is 0.333. The molecule has 0 aliphatic heterocycles. The van der Waals surface area contributed by atoms with E-state index < -0.39 is 0 Å². The van der Waals surface area contributed by atoms with E-state index in [0.717, 1.165) is 24.6 Å². The summed E-state index contributed by atoms with van der Waals surface area (Å²) in [7, 11) is 0. The standard InChI is InChI=1S/C9H12N4S/c1(4-13-5-2-11-8-13)10-7-9-12-3-6-14-9/h2-3,5-6,8,10H,1,4,7H2. The maximum Gasteiger partial charge on any atom is 0.106 e. The summed E-state index contributed by atoms with van der Waals surface area (Å²) in [5, 5.41) is 6.45. The maximum atomic E-state index is 4.19. The van der Waals surface area contributed by atoms with E-state index in [0.29, 0.717) is 0 Å². The third kappa shape index (κ3) is 2.65. The second kappa shape index (κ2) is 4.88. The van der Waals surface area contributed by atoms with Crippen molar-refractivity contribution in [2.24, 2.45) is 0 Å². The molecule has 0 fully saturated rings. The van der Waals surface area contributed by atoms with Crippen molar-refractivity contribution in [3.8, 4) is 0 Å². The monoisotopic (exact) mass is 208 g/mol. The van der Waals surface area contributed by atoms with Crippen LogP contribution in [-0.4, -0.2) is 21.1 Å². The van der Waals surface area contributed by atoms with Gasteiger partial charge < -0.3 is 9.88 Å². The number of nitrogens with zero attached hydrogens (tertiary/aromatic N) is 3. The Kier molecular flexibility index (Phi) is 3.26. The number of aromatic nitrogens is 3. The first-order valence-electron chi connectivity index (χ1n) is 4.50. The van der Waals surface area contributed by atoms with Gasteiger partial charge in [0.2, 0.25) is 0 Å². The van der Waals surface area contributed by atoms with E-state index >= 15 is 0 Å². The second-order valence-electron chi connectivity index (χ2n) is 2.90. The number of hydrogen-bond donors (Lipinski definition) is 1. The lowest BCUT2D eigenvalue weighted by molar-refractivity contribution is 0.596. The molecule has 2 heterocycles. The summed E-state index contributed by atoms with van der Waals surface area (Å²) in [6.45, 7) is 2.74. The fourth-order valence-electron chi connectivity index (χ4n) is 1.16. The molecule has 2 aromatic rings. The molecule has 0 bridgehead atoms. The van der Waals surface area contributed by atoms with Crippen LogP contribution in [0, 0.1) is 0 Å². The van der Waals surface area contributed by atoms with Gasteiger partial charge in [-0.25, -0.2) is 9.97 Å². The van der Waals surface area contributed by atoms with Gasteiger partial charge in [0.05, 0.1) is 6.33 Å². The van der Waals surface area contributed by atoms with Gasteiger partial charge >= 0.3 is 0 Å². The van der Waals surface area contributed by atoms with Crippen molar-refractivity contribution in [3.63, 3.8) is 0 Å². The lowest BCUT2D eigenvalue weighted by Gasteiger charge is -2.02. The Labute approximate surface area is 86.6 Å². The molecule has 2 aromatic heterocycles. The van der Waals surface area contributed by atoms with Gasteiger partial charge in [-0.3, -0.25) is 0 Å². The molecule has 0 saturated heterocycles. The van der Waals surface area contributed by atoms with E-state index in [1.54, 1.807) is 17.5 Å². The molecule has 1 N–H and O–H groups in total. The first-order chi connectivity index (χ1) is 6.95. The molecule has 0 aromatic carbocycles. The molecule has 0 spiro atoms. The highest BCUT2D eigenvalue weighted by molar-refractivity contribution is 7.09. The number of hydrogen-bond acceptors (Lipinski definition) is 4. The van der Waals surface area contributed by atoms with Gasteiger partial charge in [-0.2, -0.15) is 0 Å². The Morgan fingerprint density at radius 2 is 2.43 bits per heavy atom. The minimum Gasteiger partial charge on any atom is -0.336 e. The van der Waals surface area contributed by atoms with Crippen LogP contribution in [-0.2, 0) is 13.1 Å². The van der Waals surface area contributed by atoms with Gasteiger partial charge in [-0.15, -0.1) is 11.3 Å². The van der Waals surface area contributed by atoms with Crippen molar-refractivity contribution in [1.29, 1.82) is 0 Å². The fourth-order valence-corrected chi connectivity index (χ4v) is 1.75. The first kappa shape index (κ1) is 9.36. The van der Waals surface area contributed by atoms with E-state index in [1.165, 1.54) is 0 Å². The topological polar surface area (TPSA) is 42.7 Å². The summed E-state index contributed by atoms with van der Waals surface area (Å²) in [6.07, 6.45) is 7.41. The van der Waals surface area contributed by atoms with Crippen LogP contribution < -0.4 is 5.32 Å². The maximum absolute atomic E-state index is 4.19. The van der Waals surface area contributed by atoms with Crippen molar-refractivity contribution in [2.75, 3.05) is 6.54 Å². The highest BCUT2D eigenvalue weighted by Crippen LogP contribution is 2.02. The zero-order chi connectivity index (χ0) is 9.64. The molecule has 4 nitrogen and oxygen atoms in total. The van der Waals surface area contributed by atoms with Crippen LogP contribution in [0.5, 0.6) is 0 Å². The van der Waals surface area contributed by atoms with Crippen molar-refractivity contribution < 1.29 is 0 Å². The zero-order valence-corrected chi connectivity index (χ0v) is 8.57. The minimum absolute atomic E-state index is 0.854. The summed E-state index contributed by atoms with van der Waals surface area (Å²) < 4.78 is 2.05. The predicted molar refractivity (Wildman–Crippen MR) is 56.0 cm³/mol. The average Bonchev–Trinajstić information content (AvgIpc) is 2.86. The molecule has 0 unspecified atom stereocenters. The van der Waals surface area contributed by atoms with Crippen LogP contribution in [0.1, 0.15) is 5.01 Å². The smallest absolute Gasteiger partial charge is 0.106 e. The zero-order valence-electron chi connectivity index (χ0n) is 7.76. The summed E-state index contributed by atoms with van der Waals surface area (Å²) in [5.74, 6) is 0. The molecule has 0 radical (unpaired) electrons. The Bertz CT molecular complexity index is 305. The molecule has 0 aliphatic rings. The van der Waals surface area contributed by atoms with Crippen LogP contribution in [0.25, 0.3) is 0 Å². The summed E-state index contributed by atoms with van der Waals surface area (Å²) in [6, 6.07) is 0. The van der Waals surface area contributed by atoms with Crippen LogP contribution in [0.15, 0.2) is 30.3 Å². The molecule has 5 heteroatoms. The Hall–Kier alpha value is -1.20. The van der Waals surface area contributed by atoms with Gasteiger partial charge in [0.15, 0.2) is 0 Å². The van der Waals surface area contributed by atoms with Gasteiger partial charge in [-0.1, -0.05) is 0 Å². The van der Waals surface area contributed by atoms with Crippen LogP contribution in [0.2, 0.25) is 0 Å². The summed E-state index contributed by atoms with van der Waals surface area (Å²) >= 11 is 1.68. The van der Waals surface area contributed by atoms with Crippen molar-refractivity contribution in [3.05, 3.63) is 35.3 Å². The van der Waals surface area contributed by atoms with E-state index in [4.69, 9.17) is 0 Å². The molecule has 0 atom stereocenters. The molecule has 0 aliphatic carbocycles. The molecular weight excluding hydrogens is 196 g/mol. The van der Waals surface area contributed by atoms with E-state index in [1.807, 2.05) is 24.1 Å². The van der Waals surface area contributed by atoms with Crippen molar-refractivity contribution >= 4 is 11.3 Å². The molecule has 0 amide bonds. The largest absolute Gasteiger partial charge is 0.336 e. The molecule has 2 rings (SSSR count). The minimum atomic E-state index is 0.854. The van der Waals surface area contributed by atoms with E-state index in [2.05, 4.69) is 19.9 Å². The number of rotatable bonds is 5. The first-order valence-corrected chi connectivity index (χ1v) is 5.38. The summed E-state index contributed by atoms with van der Waals surface area (Å²) in [4.78, 5) is 8.16. The van der Waals surface area contributed by atoms with Crippen molar-refractivity contribution in [2.45, 2.75) is 13.1 Å². The highest BCUT2D eigenvalue weighted by atomic mass is 32.1. The summed E-state index contributed by atoms with van der Waals surface area (Å²) in [5.41, 5.74) is 0.